The molecule has 0 fully saturated rings. The Morgan fingerprint density at radius 1 is 1.32 bits per heavy atom. The minimum Gasteiger partial charge on any atom is -0.384 e. The first-order chi connectivity index (χ1) is 9.24. The highest BCUT2D eigenvalue weighted by Gasteiger charge is 2.13. The zero-order valence-electron chi connectivity index (χ0n) is 10.8. The van der Waals surface area contributed by atoms with Crippen molar-refractivity contribution in [3.05, 3.63) is 52.3 Å². The fourth-order valence-electron chi connectivity index (χ4n) is 2.47. The lowest BCUT2D eigenvalue weighted by Crippen LogP contribution is -2.04. The third kappa shape index (κ3) is 2.51. The van der Waals surface area contributed by atoms with Crippen molar-refractivity contribution in [2.24, 2.45) is 0 Å². The molecule has 1 aliphatic rings. The van der Waals surface area contributed by atoms with Gasteiger partial charge in [0.1, 0.15) is 5.15 Å². The van der Waals surface area contributed by atoms with E-state index >= 15 is 0 Å². The number of pyridine rings is 1. The minimum absolute atomic E-state index is 0.533. The normalized spacial score (nSPS) is 12.9. The Bertz CT molecular complexity index is 610. The first-order valence-corrected chi connectivity index (χ1v) is 6.83. The Kier molecular flexibility index (Phi) is 3.30. The van der Waals surface area contributed by atoms with E-state index < -0.39 is 0 Å². The van der Waals surface area contributed by atoms with Gasteiger partial charge in [-0.1, -0.05) is 29.8 Å². The minimum atomic E-state index is 0.533. The number of anilines is 2. The van der Waals surface area contributed by atoms with Gasteiger partial charge < -0.3 is 10.6 Å². The number of nitrogens with zero attached hydrogens (tertiary/aromatic N) is 1. The van der Waals surface area contributed by atoms with Crippen LogP contribution in [0.3, 0.4) is 0 Å². The number of hydrogen-bond donors (Lipinski definition) is 2. The summed E-state index contributed by atoms with van der Waals surface area (Å²) < 4.78 is 0. The molecule has 0 radical (unpaired) electrons. The molecule has 2 N–H and O–H groups in total. The fourth-order valence-corrected chi connectivity index (χ4v) is 2.66. The molecule has 1 aliphatic heterocycles. The van der Waals surface area contributed by atoms with Gasteiger partial charge in [0.15, 0.2) is 0 Å². The summed E-state index contributed by atoms with van der Waals surface area (Å²) in [6.07, 6.45) is 1.12. The molecule has 0 amide bonds. The number of para-hydroxylation sites is 1. The van der Waals surface area contributed by atoms with E-state index in [4.69, 9.17) is 11.6 Å². The average molecular weight is 274 g/mol. The molecule has 98 valence electrons. The maximum atomic E-state index is 5.86. The van der Waals surface area contributed by atoms with E-state index in [1.54, 1.807) is 0 Å². The van der Waals surface area contributed by atoms with Gasteiger partial charge in [0.2, 0.25) is 0 Å². The van der Waals surface area contributed by atoms with Crippen LogP contribution in [0.25, 0.3) is 0 Å². The molecular formula is C15H16ClN3. The third-order valence-electron chi connectivity index (χ3n) is 3.45. The molecule has 19 heavy (non-hydrogen) atoms. The second-order valence-electron chi connectivity index (χ2n) is 4.75. The van der Waals surface area contributed by atoms with Crippen molar-refractivity contribution in [1.29, 1.82) is 0 Å². The monoisotopic (exact) mass is 273 g/mol. The highest BCUT2D eigenvalue weighted by Crippen LogP contribution is 2.27. The van der Waals surface area contributed by atoms with Gasteiger partial charge in [0, 0.05) is 18.8 Å². The van der Waals surface area contributed by atoms with Crippen molar-refractivity contribution in [2.45, 2.75) is 19.9 Å². The molecule has 0 saturated heterocycles. The highest BCUT2D eigenvalue weighted by molar-refractivity contribution is 6.29. The van der Waals surface area contributed by atoms with Crippen LogP contribution in [0.2, 0.25) is 5.15 Å². The van der Waals surface area contributed by atoms with Crippen LogP contribution in [0.4, 0.5) is 11.4 Å². The molecule has 1 aromatic heterocycles. The van der Waals surface area contributed by atoms with Crippen LogP contribution in [0.5, 0.6) is 0 Å². The van der Waals surface area contributed by atoms with Gasteiger partial charge in [-0.05, 0) is 36.6 Å². The fraction of sp³-hybridized carbons (Fsp3) is 0.267. The van der Waals surface area contributed by atoms with Crippen LogP contribution >= 0.6 is 11.6 Å². The SMILES string of the molecule is Cc1nc(Cl)ccc1NCc1cccc2c1NCC2. The summed E-state index contributed by atoms with van der Waals surface area (Å²) in [5.74, 6) is 0. The summed E-state index contributed by atoms with van der Waals surface area (Å²) in [5, 5.41) is 7.41. The summed E-state index contributed by atoms with van der Waals surface area (Å²) in [6, 6.07) is 10.2. The highest BCUT2D eigenvalue weighted by atomic mass is 35.5. The predicted molar refractivity (Wildman–Crippen MR) is 79.9 cm³/mol. The van der Waals surface area contributed by atoms with Crippen molar-refractivity contribution >= 4 is 23.0 Å². The molecular weight excluding hydrogens is 258 g/mol. The predicted octanol–water partition coefficient (Wildman–Crippen LogP) is 3.62. The number of fused-ring (bicyclic) bond motifs is 1. The zero-order valence-corrected chi connectivity index (χ0v) is 11.6. The summed E-state index contributed by atoms with van der Waals surface area (Å²) in [4.78, 5) is 4.25. The average Bonchev–Trinajstić information content (AvgIpc) is 2.86. The Balaban J connectivity index is 1.78. The van der Waals surface area contributed by atoms with Crippen LogP contribution < -0.4 is 10.6 Å². The standard InChI is InChI=1S/C15H16ClN3/c1-10-13(5-6-14(16)19-10)18-9-12-4-2-3-11-7-8-17-15(11)12/h2-6,17-18H,7-9H2,1H3. The van der Waals surface area contributed by atoms with E-state index in [-0.39, 0.29) is 0 Å². The first-order valence-electron chi connectivity index (χ1n) is 6.46. The number of rotatable bonds is 3. The number of aromatic nitrogens is 1. The van der Waals surface area contributed by atoms with E-state index in [9.17, 15) is 0 Å². The summed E-state index contributed by atoms with van der Waals surface area (Å²) >= 11 is 5.86. The number of benzene rings is 1. The lowest BCUT2D eigenvalue weighted by molar-refractivity contribution is 1.10. The molecule has 0 bridgehead atoms. The van der Waals surface area contributed by atoms with Gasteiger partial charge in [-0.2, -0.15) is 0 Å². The van der Waals surface area contributed by atoms with Crippen molar-refractivity contribution in [1.82, 2.24) is 4.98 Å². The first kappa shape index (κ1) is 12.3. The van der Waals surface area contributed by atoms with E-state index in [0.717, 1.165) is 30.9 Å². The largest absolute Gasteiger partial charge is 0.384 e. The maximum absolute atomic E-state index is 5.86. The molecule has 0 atom stereocenters. The van der Waals surface area contributed by atoms with Crippen molar-refractivity contribution in [3.8, 4) is 0 Å². The van der Waals surface area contributed by atoms with E-state index in [0.29, 0.717) is 5.15 Å². The Hall–Kier alpha value is -1.74. The summed E-state index contributed by atoms with van der Waals surface area (Å²) in [7, 11) is 0. The number of halogens is 1. The van der Waals surface area contributed by atoms with Crippen LogP contribution in [0, 0.1) is 6.92 Å². The van der Waals surface area contributed by atoms with Crippen LogP contribution in [0.1, 0.15) is 16.8 Å². The van der Waals surface area contributed by atoms with Crippen LogP contribution in [-0.2, 0) is 13.0 Å². The molecule has 3 nitrogen and oxygen atoms in total. The van der Waals surface area contributed by atoms with Gasteiger partial charge in [-0.25, -0.2) is 4.98 Å². The maximum Gasteiger partial charge on any atom is 0.129 e. The van der Waals surface area contributed by atoms with Gasteiger partial charge in [0.25, 0.3) is 0 Å². The number of aryl methyl sites for hydroxylation is 1. The van der Waals surface area contributed by atoms with Crippen LogP contribution in [0.15, 0.2) is 30.3 Å². The molecule has 3 rings (SSSR count). The van der Waals surface area contributed by atoms with E-state index in [1.807, 2.05) is 19.1 Å². The van der Waals surface area contributed by atoms with E-state index in [2.05, 4.69) is 33.8 Å². The van der Waals surface area contributed by atoms with Crippen LogP contribution in [-0.4, -0.2) is 11.5 Å². The molecule has 2 aromatic rings. The smallest absolute Gasteiger partial charge is 0.129 e. The second-order valence-corrected chi connectivity index (χ2v) is 5.14. The topological polar surface area (TPSA) is 37.0 Å². The Labute approximate surface area is 118 Å². The molecule has 0 saturated carbocycles. The molecule has 1 aromatic carbocycles. The van der Waals surface area contributed by atoms with Gasteiger partial charge in [0.05, 0.1) is 11.4 Å². The second kappa shape index (κ2) is 5.10. The molecule has 2 heterocycles. The number of hydrogen-bond acceptors (Lipinski definition) is 3. The summed E-state index contributed by atoms with van der Waals surface area (Å²) in [6.45, 7) is 3.79. The third-order valence-corrected chi connectivity index (χ3v) is 3.66. The van der Waals surface area contributed by atoms with Crippen molar-refractivity contribution in [2.75, 3.05) is 17.2 Å². The lowest BCUT2D eigenvalue weighted by atomic mass is 10.1. The number of nitrogens with one attached hydrogen (secondary N) is 2. The molecule has 4 heteroatoms. The van der Waals surface area contributed by atoms with Gasteiger partial charge in [-0.15, -0.1) is 0 Å². The summed E-state index contributed by atoms with van der Waals surface area (Å²) in [5.41, 5.74) is 5.94. The van der Waals surface area contributed by atoms with Gasteiger partial charge in [-0.3, -0.25) is 0 Å². The molecule has 0 aliphatic carbocycles. The van der Waals surface area contributed by atoms with E-state index in [1.165, 1.54) is 16.8 Å². The zero-order chi connectivity index (χ0) is 13.2. The Morgan fingerprint density at radius 3 is 3.05 bits per heavy atom. The Morgan fingerprint density at radius 2 is 2.21 bits per heavy atom. The molecule has 0 unspecified atom stereocenters. The van der Waals surface area contributed by atoms with Crippen molar-refractivity contribution in [3.63, 3.8) is 0 Å². The lowest BCUT2D eigenvalue weighted by Gasteiger charge is -2.12. The van der Waals surface area contributed by atoms with Crippen molar-refractivity contribution < 1.29 is 0 Å². The van der Waals surface area contributed by atoms with Gasteiger partial charge >= 0.3 is 0 Å². The molecule has 0 spiro atoms. The quantitative estimate of drug-likeness (QED) is 0.839.